The molecule has 0 aliphatic heterocycles. The Morgan fingerprint density at radius 1 is 0.400 bits per heavy atom. The summed E-state index contributed by atoms with van der Waals surface area (Å²) in [5.41, 5.74) is 19.1. The van der Waals surface area contributed by atoms with Crippen LogP contribution in [0.4, 0.5) is 0 Å². The third-order valence-electron chi connectivity index (χ3n) is 11.6. The molecule has 6 aromatic rings. The molecule has 0 saturated carbocycles. The maximum Gasteiger partial charge on any atom is 0.146 e. The molecule has 4 nitrogen and oxygen atoms in total. The first kappa shape index (κ1) is 35.7. The molecule has 0 aliphatic carbocycles. The van der Waals surface area contributed by atoms with E-state index in [1.54, 1.807) is 0 Å². The molecule has 256 valence electrons. The highest BCUT2D eigenvalue weighted by Crippen LogP contribution is 2.43. The fraction of sp³-hybridized carbons (Fsp3) is 0.409. The highest BCUT2D eigenvalue weighted by molar-refractivity contribution is 6.91. The first-order valence-corrected chi connectivity index (χ1v) is 23.0. The number of aromatic nitrogens is 4. The van der Waals surface area contributed by atoms with Crippen molar-refractivity contribution in [3.05, 3.63) is 71.8 Å². The van der Waals surface area contributed by atoms with E-state index >= 15 is 0 Å². The fourth-order valence-electron chi connectivity index (χ4n) is 9.16. The van der Waals surface area contributed by atoms with Crippen molar-refractivity contribution in [1.29, 1.82) is 0 Å². The van der Waals surface area contributed by atoms with Crippen LogP contribution in [0, 0.1) is 22.9 Å². The zero-order valence-electron chi connectivity index (χ0n) is 32.0. The van der Waals surface area contributed by atoms with Crippen molar-refractivity contribution in [1.82, 2.24) is 19.9 Å². The zero-order chi connectivity index (χ0) is 36.1. The van der Waals surface area contributed by atoms with Gasteiger partial charge >= 0.3 is 0 Å². The second-order valence-electron chi connectivity index (χ2n) is 16.0. The number of para-hydroxylation sites is 2. The van der Waals surface area contributed by atoms with Gasteiger partial charge in [-0.15, -0.1) is 11.1 Å². The molecule has 6 rings (SSSR count). The molecule has 0 spiro atoms. The quantitative estimate of drug-likeness (QED) is 0.0754. The number of nitrogens with zero attached hydrogens (tertiary/aromatic N) is 4. The van der Waals surface area contributed by atoms with Crippen LogP contribution in [0.2, 0.25) is 33.2 Å². The Balaban J connectivity index is 1.87. The van der Waals surface area contributed by atoms with Gasteiger partial charge in [0.15, 0.2) is 0 Å². The lowest BCUT2D eigenvalue weighted by atomic mass is 10.0. The number of benzene rings is 4. The molecule has 50 heavy (non-hydrogen) atoms. The van der Waals surface area contributed by atoms with Gasteiger partial charge in [0, 0.05) is 5.39 Å². The van der Waals surface area contributed by atoms with Crippen LogP contribution in [0.1, 0.15) is 94.2 Å². The average Bonchev–Trinajstić information content (AvgIpc) is 3.06. The molecule has 4 aromatic carbocycles. The van der Waals surface area contributed by atoms with E-state index in [9.17, 15) is 0 Å². The van der Waals surface area contributed by atoms with Gasteiger partial charge in [-0.3, -0.25) is 0 Å². The summed E-state index contributed by atoms with van der Waals surface area (Å²) in [6, 6.07) is 20.8. The number of fused-ring (bicyclic) bond motifs is 6. The zero-order valence-corrected chi connectivity index (χ0v) is 34.0. The predicted octanol–water partition coefficient (Wildman–Crippen LogP) is 12.2. The Labute approximate surface area is 301 Å². The molecule has 0 saturated heterocycles. The number of rotatable bonds is 6. The van der Waals surface area contributed by atoms with Crippen LogP contribution < -0.4 is 0 Å². The highest BCUT2D eigenvalue weighted by atomic mass is 28.3. The van der Waals surface area contributed by atoms with Gasteiger partial charge in [-0.05, 0) is 56.8 Å². The van der Waals surface area contributed by atoms with Crippen molar-refractivity contribution in [2.45, 2.75) is 116 Å². The van der Waals surface area contributed by atoms with Crippen LogP contribution >= 0.6 is 0 Å². The Hall–Kier alpha value is -4.11. The summed E-state index contributed by atoms with van der Waals surface area (Å²) in [6.07, 6.45) is 0. The smallest absolute Gasteiger partial charge is 0.146 e. The third-order valence-corrected chi connectivity index (χ3v) is 24.2. The van der Waals surface area contributed by atoms with E-state index in [2.05, 4.69) is 142 Å². The van der Waals surface area contributed by atoms with E-state index in [1.165, 1.54) is 0 Å². The first-order chi connectivity index (χ1) is 23.7. The summed E-state index contributed by atoms with van der Waals surface area (Å²) in [6.45, 7) is 28.3. The van der Waals surface area contributed by atoms with Gasteiger partial charge in [-0.25, -0.2) is 19.9 Å². The molecule has 0 fully saturated rings. The monoisotopic (exact) mass is 692 g/mol. The molecule has 0 bridgehead atoms. The minimum atomic E-state index is -2.11. The van der Waals surface area contributed by atoms with Crippen molar-refractivity contribution in [2.24, 2.45) is 0 Å². The summed E-state index contributed by atoms with van der Waals surface area (Å²) in [4.78, 5) is 21.6. The SMILES string of the molecule is CC(C)[Si](C#Cc1c2nc3ccccc3nc2c(C#C[Si](C(C)C)(C(C)C)C(C)C)c2nc3c(ccc4ccccc43)nc12)(C(C)C)C(C)C. The van der Waals surface area contributed by atoms with Crippen LogP contribution in [0.3, 0.4) is 0 Å². The lowest BCUT2D eigenvalue weighted by molar-refractivity contribution is 0.838. The van der Waals surface area contributed by atoms with Crippen molar-refractivity contribution in [3.63, 3.8) is 0 Å². The molecule has 0 amide bonds. The van der Waals surface area contributed by atoms with Crippen molar-refractivity contribution in [3.8, 4) is 22.9 Å². The third kappa shape index (κ3) is 5.71. The molecule has 0 radical (unpaired) electrons. The van der Waals surface area contributed by atoms with Crippen LogP contribution in [0.15, 0.2) is 60.7 Å². The lowest BCUT2D eigenvalue weighted by Crippen LogP contribution is -2.43. The van der Waals surface area contributed by atoms with E-state index in [0.29, 0.717) is 33.2 Å². The minimum Gasteiger partial charge on any atom is -0.243 e. The predicted molar refractivity (Wildman–Crippen MR) is 221 cm³/mol. The minimum absolute atomic E-state index is 0.488. The van der Waals surface area contributed by atoms with Gasteiger partial charge in [0.2, 0.25) is 0 Å². The standard InChI is InChI=1S/C44H52N4Si2/c1-27(2)49(28(3)4,29(5)6)25-23-35-41-42(46-38-20-16-15-19-37(38)45-41)36(24-26-50(30(7)8,31(9)10)32(11)12)44-43(35)47-39-22-21-33-17-13-14-18-34(33)40(39)48-44/h13-22,27-32H,1-12H3. The van der Waals surface area contributed by atoms with E-state index in [-0.39, 0.29) is 0 Å². The Bertz CT molecular complexity index is 2340. The molecule has 0 unspecified atom stereocenters. The van der Waals surface area contributed by atoms with Crippen molar-refractivity contribution in [2.75, 3.05) is 0 Å². The molecule has 0 N–H and O–H groups in total. The van der Waals surface area contributed by atoms with E-state index in [1.807, 2.05) is 24.3 Å². The van der Waals surface area contributed by atoms with Crippen LogP contribution in [-0.2, 0) is 0 Å². The molecule has 6 heteroatoms. The second kappa shape index (κ2) is 13.6. The molecule has 2 heterocycles. The molecule has 2 aromatic heterocycles. The van der Waals surface area contributed by atoms with Gasteiger partial charge in [0.1, 0.15) is 38.2 Å². The summed E-state index contributed by atoms with van der Waals surface area (Å²) < 4.78 is 0. The number of hydrogen-bond donors (Lipinski definition) is 0. The topological polar surface area (TPSA) is 51.6 Å². The maximum atomic E-state index is 5.51. The van der Waals surface area contributed by atoms with Crippen LogP contribution in [0.25, 0.3) is 54.9 Å². The molecule has 0 atom stereocenters. The Morgan fingerprint density at radius 2 is 0.780 bits per heavy atom. The van der Waals surface area contributed by atoms with Crippen LogP contribution in [-0.4, -0.2) is 36.1 Å². The van der Waals surface area contributed by atoms with Gasteiger partial charge in [-0.1, -0.05) is 137 Å². The summed E-state index contributed by atoms with van der Waals surface area (Å²) in [5.74, 6) is 7.62. The van der Waals surface area contributed by atoms with E-state index in [4.69, 9.17) is 19.9 Å². The van der Waals surface area contributed by atoms with Crippen molar-refractivity contribution >= 4 is 71.1 Å². The first-order valence-electron chi connectivity index (χ1n) is 18.5. The van der Waals surface area contributed by atoms with E-state index in [0.717, 1.165) is 66.0 Å². The molecular formula is C44H52N4Si2. The average molecular weight is 693 g/mol. The highest BCUT2D eigenvalue weighted by Gasteiger charge is 2.43. The maximum absolute atomic E-state index is 5.51. The second-order valence-corrected chi connectivity index (χ2v) is 27.2. The Kier molecular flexibility index (Phi) is 9.68. The van der Waals surface area contributed by atoms with Gasteiger partial charge in [-0.2, -0.15) is 0 Å². The summed E-state index contributed by atoms with van der Waals surface area (Å²) >= 11 is 0. The largest absolute Gasteiger partial charge is 0.243 e. The Morgan fingerprint density at radius 3 is 1.22 bits per heavy atom. The summed E-state index contributed by atoms with van der Waals surface area (Å²) in [5, 5.41) is 2.22. The van der Waals surface area contributed by atoms with Crippen LogP contribution in [0.5, 0.6) is 0 Å². The van der Waals surface area contributed by atoms with Gasteiger partial charge < -0.3 is 0 Å². The fourth-order valence-corrected chi connectivity index (χ4v) is 19.6. The van der Waals surface area contributed by atoms with Gasteiger partial charge in [0.25, 0.3) is 0 Å². The van der Waals surface area contributed by atoms with Gasteiger partial charge in [0.05, 0.1) is 33.2 Å². The summed E-state index contributed by atoms with van der Waals surface area (Å²) in [7, 11) is -4.21. The number of hydrogen-bond acceptors (Lipinski definition) is 4. The normalized spacial score (nSPS) is 12.8. The molecule has 0 aliphatic rings. The lowest BCUT2D eigenvalue weighted by Gasteiger charge is -2.38. The van der Waals surface area contributed by atoms with E-state index < -0.39 is 16.1 Å². The molecular weight excluding hydrogens is 641 g/mol. The van der Waals surface area contributed by atoms with Crippen molar-refractivity contribution < 1.29 is 0 Å².